The van der Waals surface area contributed by atoms with Crippen LogP contribution in [0.15, 0.2) is 54.6 Å². The van der Waals surface area contributed by atoms with E-state index in [1.807, 2.05) is 30.3 Å². The SMILES string of the molecule is O=C(O)C=Cc1cc(F)ccc1OCc1ccccc1. The molecule has 0 fully saturated rings. The third-order valence-corrected chi connectivity index (χ3v) is 2.61. The molecule has 2 rings (SSSR count). The Morgan fingerprint density at radius 1 is 1.20 bits per heavy atom. The van der Waals surface area contributed by atoms with Gasteiger partial charge in [-0.25, -0.2) is 9.18 Å². The molecule has 2 aromatic carbocycles. The van der Waals surface area contributed by atoms with Crippen molar-refractivity contribution in [2.24, 2.45) is 0 Å². The molecule has 0 heterocycles. The van der Waals surface area contributed by atoms with Crippen molar-refractivity contribution >= 4 is 12.0 Å². The van der Waals surface area contributed by atoms with E-state index >= 15 is 0 Å². The second-order valence-electron chi connectivity index (χ2n) is 4.13. The maximum absolute atomic E-state index is 13.2. The van der Waals surface area contributed by atoms with E-state index in [1.165, 1.54) is 24.3 Å². The van der Waals surface area contributed by atoms with Crippen LogP contribution in [0.2, 0.25) is 0 Å². The van der Waals surface area contributed by atoms with Crippen LogP contribution in [0.3, 0.4) is 0 Å². The maximum Gasteiger partial charge on any atom is 0.328 e. The number of rotatable bonds is 5. The molecule has 0 aromatic heterocycles. The lowest BCUT2D eigenvalue weighted by molar-refractivity contribution is -0.131. The molecule has 4 heteroatoms. The zero-order valence-electron chi connectivity index (χ0n) is 10.6. The number of carboxylic acid groups (broad SMARTS) is 1. The summed E-state index contributed by atoms with van der Waals surface area (Å²) in [4.78, 5) is 10.5. The van der Waals surface area contributed by atoms with E-state index < -0.39 is 11.8 Å². The van der Waals surface area contributed by atoms with E-state index in [0.29, 0.717) is 17.9 Å². The lowest BCUT2D eigenvalue weighted by Gasteiger charge is -2.09. The van der Waals surface area contributed by atoms with Gasteiger partial charge >= 0.3 is 5.97 Å². The van der Waals surface area contributed by atoms with Crippen LogP contribution in [0.4, 0.5) is 4.39 Å². The molecule has 0 saturated heterocycles. The van der Waals surface area contributed by atoms with E-state index in [-0.39, 0.29) is 0 Å². The number of ether oxygens (including phenoxy) is 1. The van der Waals surface area contributed by atoms with Gasteiger partial charge in [0.25, 0.3) is 0 Å². The van der Waals surface area contributed by atoms with Gasteiger partial charge in [0.1, 0.15) is 18.2 Å². The predicted molar refractivity (Wildman–Crippen MR) is 73.8 cm³/mol. The average molecular weight is 272 g/mol. The average Bonchev–Trinajstić information content (AvgIpc) is 2.45. The first kappa shape index (κ1) is 13.8. The van der Waals surface area contributed by atoms with Crippen LogP contribution < -0.4 is 4.74 Å². The van der Waals surface area contributed by atoms with Crippen molar-refractivity contribution in [2.75, 3.05) is 0 Å². The van der Waals surface area contributed by atoms with Gasteiger partial charge in [-0.1, -0.05) is 30.3 Å². The summed E-state index contributed by atoms with van der Waals surface area (Å²) in [5.74, 6) is -1.10. The summed E-state index contributed by atoms with van der Waals surface area (Å²) < 4.78 is 18.8. The first-order valence-corrected chi connectivity index (χ1v) is 6.02. The van der Waals surface area contributed by atoms with Crippen molar-refractivity contribution < 1.29 is 19.0 Å². The number of halogens is 1. The number of hydrogen-bond acceptors (Lipinski definition) is 2. The molecule has 0 spiro atoms. The molecule has 0 radical (unpaired) electrons. The van der Waals surface area contributed by atoms with Gasteiger partial charge in [-0.15, -0.1) is 0 Å². The number of aliphatic carboxylic acids is 1. The highest BCUT2D eigenvalue weighted by Crippen LogP contribution is 2.22. The Morgan fingerprint density at radius 2 is 1.95 bits per heavy atom. The molecular weight excluding hydrogens is 259 g/mol. The van der Waals surface area contributed by atoms with E-state index in [9.17, 15) is 9.18 Å². The van der Waals surface area contributed by atoms with Gasteiger partial charge in [0.15, 0.2) is 0 Å². The molecule has 102 valence electrons. The summed E-state index contributed by atoms with van der Waals surface area (Å²) in [7, 11) is 0. The molecule has 0 bridgehead atoms. The first-order valence-electron chi connectivity index (χ1n) is 6.02. The van der Waals surface area contributed by atoms with Crippen LogP contribution in [0.1, 0.15) is 11.1 Å². The normalized spacial score (nSPS) is 10.7. The Morgan fingerprint density at radius 3 is 2.65 bits per heavy atom. The molecular formula is C16H13FO3. The molecule has 0 atom stereocenters. The lowest BCUT2D eigenvalue weighted by Crippen LogP contribution is -1.97. The third-order valence-electron chi connectivity index (χ3n) is 2.61. The highest BCUT2D eigenvalue weighted by molar-refractivity contribution is 5.85. The Kier molecular flexibility index (Phi) is 4.50. The van der Waals surface area contributed by atoms with Crippen LogP contribution in [-0.4, -0.2) is 11.1 Å². The molecule has 0 aliphatic heterocycles. The molecule has 0 aliphatic rings. The molecule has 1 N–H and O–H groups in total. The zero-order valence-corrected chi connectivity index (χ0v) is 10.6. The van der Waals surface area contributed by atoms with Crippen LogP contribution in [0.5, 0.6) is 5.75 Å². The van der Waals surface area contributed by atoms with Crippen molar-refractivity contribution in [1.82, 2.24) is 0 Å². The number of hydrogen-bond donors (Lipinski definition) is 1. The van der Waals surface area contributed by atoms with E-state index in [0.717, 1.165) is 11.6 Å². The summed E-state index contributed by atoms with van der Waals surface area (Å²) in [6.45, 7) is 0.334. The smallest absolute Gasteiger partial charge is 0.328 e. The highest BCUT2D eigenvalue weighted by Gasteiger charge is 2.04. The van der Waals surface area contributed by atoms with Gasteiger partial charge < -0.3 is 9.84 Å². The van der Waals surface area contributed by atoms with Crippen LogP contribution in [-0.2, 0) is 11.4 Å². The quantitative estimate of drug-likeness (QED) is 0.847. The van der Waals surface area contributed by atoms with Gasteiger partial charge in [0.2, 0.25) is 0 Å². The van der Waals surface area contributed by atoms with Crippen molar-refractivity contribution in [3.8, 4) is 5.75 Å². The van der Waals surface area contributed by atoms with Crippen molar-refractivity contribution in [2.45, 2.75) is 6.61 Å². The maximum atomic E-state index is 13.2. The Hall–Kier alpha value is -2.62. The molecule has 0 saturated carbocycles. The van der Waals surface area contributed by atoms with E-state index in [4.69, 9.17) is 9.84 Å². The number of benzene rings is 2. The fourth-order valence-electron chi connectivity index (χ4n) is 1.68. The Balaban J connectivity index is 2.16. The number of carboxylic acids is 1. The Labute approximate surface area is 115 Å². The number of carbonyl (C=O) groups is 1. The fourth-order valence-corrected chi connectivity index (χ4v) is 1.68. The van der Waals surface area contributed by atoms with Crippen LogP contribution >= 0.6 is 0 Å². The van der Waals surface area contributed by atoms with Crippen molar-refractivity contribution in [3.63, 3.8) is 0 Å². The van der Waals surface area contributed by atoms with E-state index in [2.05, 4.69) is 0 Å². The summed E-state index contributed by atoms with van der Waals surface area (Å²) >= 11 is 0. The standard InChI is InChI=1S/C16H13FO3/c17-14-7-8-15(13(10-14)6-9-16(18)19)20-11-12-4-2-1-3-5-12/h1-10H,11H2,(H,18,19). The molecule has 0 unspecified atom stereocenters. The third kappa shape index (κ3) is 3.95. The largest absolute Gasteiger partial charge is 0.488 e. The van der Waals surface area contributed by atoms with E-state index in [1.54, 1.807) is 0 Å². The topological polar surface area (TPSA) is 46.5 Å². The summed E-state index contributed by atoms with van der Waals surface area (Å²) in [5.41, 5.74) is 1.37. The summed E-state index contributed by atoms with van der Waals surface area (Å²) in [5, 5.41) is 8.62. The first-order chi connectivity index (χ1) is 9.65. The minimum Gasteiger partial charge on any atom is -0.488 e. The summed E-state index contributed by atoms with van der Waals surface area (Å²) in [6, 6.07) is 13.5. The predicted octanol–water partition coefficient (Wildman–Crippen LogP) is 3.50. The van der Waals surface area contributed by atoms with Gasteiger partial charge in [0, 0.05) is 11.6 Å². The minimum absolute atomic E-state index is 0.334. The molecule has 0 amide bonds. The second-order valence-corrected chi connectivity index (χ2v) is 4.13. The van der Waals surface area contributed by atoms with Gasteiger partial charge in [-0.2, -0.15) is 0 Å². The molecule has 2 aromatic rings. The monoisotopic (exact) mass is 272 g/mol. The van der Waals surface area contributed by atoms with Crippen molar-refractivity contribution in [1.29, 1.82) is 0 Å². The van der Waals surface area contributed by atoms with Gasteiger partial charge in [-0.05, 0) is 29.8 Å². The molecule has 0 aliphatic carbocycles. The lowest BCUT2D eigenvalue weighted by atomic mass is 10.1. The minimum atomic E-state index is -1.09. The second kappa shape index (κ2) is 6.52. The molecule has 3 nitrogen and oxygen atoms in total. The van der Waals surface area contributed by atoms with Crippen molar-refractivity contribution in [3.05, 3.63) is 71.6 Å². The Bertz CT molecular complexity index is 621. The van der Waals surface area contributed by atoms with Crippen LogP contribution in [0.25, 0.3) is 6.08 Å². The van der Waals surface area contributed by atoms with Crippen LogP contribution in [0, 0.1) is 5.82 Å². The molecule has 20 heavy (non-hydrogen) atoms. The summed E-state index contributed by atoms with van der Waals surface area (Å²) in [6.07, 6.45) is 2.26. The van der Waals surface area contributed by atoms with Gasteiger partial charge in [-0.3, -0.25) is 0 Å². The van der Waals surface area contributed by atoms with Gasteiger partial charge in [0.05, 0.1) is 0 Å². The zero-order chi connectivity index (χ0) is 14.4. The fraction of sp³-hybridized carbons (Fsp3) is 0.0625. The highest BCUT2D eigenvalue weighted by atomic mass is 19.1.